The summed E-state index contributed by atoms with van der Waals surface area (Å²) in [5.41, 5.74) is 2.19. The summed E-state index contributed by atoms with van der Waals surface area (Å²) in [5, 5.41) is 14.3. The zero-order valence-corrected chi connectivity index (χ0v) is 26.8. The van der Waals surface area contributed by atoms with Crippen LogP contribution in [-0.4, -0.2) is 102 Å². The average molecular weight is 660 g/mol. The van der Waals surface area contributed by atoms with Crippen LogP contribution in [-0.2, 0) is 6.42 Å². The molecule has 3 aliphatic rings. The Kier molecular flexibility index (Phi) is 9.92. The van der Waals surface area contributed by atoms with Crippen LogP contribution in [0.4, 0.5) is 28.4 Å². The van der Waals surface area contributed by atoms with Gasteiger partial charge in [0.1, 0.15) is 12.0 Å². The molecule has 0 aromatic heterocycles. The third kappa shape index (κ3) is 7.28. The number of para-hydroxylation sites is 1. The van der Waals surface area contributed by atoms with Gasteiger partial charge in [0, 0.05) is 60.4 Å². The number of carbonyl (C=O) groups is 2. The Balaban J connectivity index is 1.31. The summed E-state index contributed by atoms with van der Waals surface area (Å²) in [5.74, 6) is 0.0234. The molecule has 2 N–H and O–H groups in total. The topological polar surface area (TPSA) is 107 Å². The Hall–Kier alpha value is -4.43. The second-order valence-corrected chi connectivity index (χ2v) is 11.9. The molecular weight excluding hydrogens is 619 g/mol. The quantitative estimate of drug-likeness (QED) is 0.368. The van der Waals surface area contributed by atoms with Gasteiger partial charge in [0.15, 0.2) is 11.5 Å². The lowest BCUT2D eigenvalue weighted by Crippen LogP contribution is -2.54. The molecule has 1 saturated heterocycles. The van der Waals surface area contributed by atoms with Gasteiger partial charge in [-0.1, -0.05) is 18.7 Å². The lowest BCUT2D eigenvalue weighted by Gasteiger charge is -2.42. The molecule has 254 valence electrons. The lowest BCUT2D eigenvalue weighted by atomic mass is 9.99. The molecule has 1 unspecified atom stereocenters. The summed E-state index contributed by atoms with van der Waals surface area (Å²) in [7, 11) is 2.83. The van der Waals surface area contributed by atoms with Gasteiger partial charge >= 0.3 is 18.4 Å². The zero-order chi connectivity index (χ0) is 34.0. The molecule has 47 heavy (non-hydrogen) atoms. The number of nitrogens with one attached hydrogen (secondary N) is 1. The summed E-state index contributed by atoms with van der Waals surface area (Å²) in [6, 6.07) is 8.79. The van der Waals surface area contributed by atoms with Gasteiger partial charge in [0.25, 0.3) is 0 Å². The minimum atomic E-state index is -5.00. The van der Waals surface area contributed by atoms with Gasteiger partial charge in [-0.3, -0.25) is 14.7 Å². The Morgan fingerprint density at radius 1 is 1.06 bits per heavy atom. The van der Waals surface area contributed by atoms with E-state index in [0.717, 1.165) is 17.0 Å². The van der Waals surface area contributed by atoms with E-state index in [9.17, 15) is 27.9 Å². The molecule has 0 radical (unpaired) electrons. The zero-order valence-electron chi connectivity index (χ0n) is 26.8. The number of halogens is 3. The summed E-state index contributed by atoms with van der Waals surface area (Å²) in [6.07, 6.45) is -2.80. The molecule has 3 aliphatic heterocycles. The van der Waals surface area contributed by atoms with E-state index in [1.807, 2.05) is 28.0 Å². The fourth-order valence-corrected chi connectivity index (χ4v) is 6.36. The summed E-state index contributed by atoms with van der Waals surface area (Å²) >= 11 is 0. The molecule has 0 spiro atoms. The number of fused-ring (bicyclic) bond motifs is 1. The van der Waals surface area contributed by atoms with Crippen molar-refractivity contribution in [1.82, 2.24) is 19.6 Å². The van der Waals surface area contributed by atoms with E-state index in [2.05, 4.69) is 16.6 Å². The number of likely N-dealkylation sites (tertiary alicyclic amines) is 1. The van der Waals surface area contributed by atoms with E-state index in [0.29, 0.717) is 38.9 Å². The van der Waals surface area contributed by atoms with Crippen LogP contribution in [0.3, 0.4) is 0 Å². The van der Waals surface area contributed by atoms with Gasteiger partial charge in [-0.2, -0.15) is 0 Å². The van der Waals surface area contributed by atoms with Crippen molar-refractivity contribution in [3.05, 3.63) is 66.0 Å². The minimum absolute atomic E-state index is 0.0291. The molecule has 1 atom stereocenters. The highest BCUT2D eigenvalue weighted by Gasteiger charge is 2.39. The maximum absolute atomic E-state index is 13.6. The maximum Gasteiger partial charge on any atom is 0.573 e. The number of β-amino-alcohol motifs (C(OH)–C–C–N with tert-alkyl or cyclic N) is 1. The lowest BCUT2D eigenvalue weighted by molar-refractivity contribution is -0.275. The summed E-state index contributed by atoms with van der Waals surface area (Å²) < 4.78 is 55.2. The molecule has 3 heterocycles. The number of amides is 4. The maximum atomic E-state index is 13.6. The number of rotatable bonds is 9. The first-order valence-electron chi connectivity index (χ1n) is 15.4. The normalized spacial score (nSPS) is 18.9. The van der Waals surface area contributed by atoms with Crippen LogP contribution >= 0.6 is 0 Å². The van der Waals surface area contributed by atoms with Gasteiger partial charge in [-0.15, -0.1) is 13.2 Å². The van der Waals surface area contributed by atoms with E-state index in [-0.39, 0.29) is 41.2 Å². The number of alkyl halides is 3. The van der Waals surface area contributed by atoms with Crippen LogP contribution in [0.15, 0.2) is 54.9 Å². The number of ether oxygens (including phenoxy) is 3. The van der Waals surface area contributed by atoms with Crippen LogP contribution in [0.25, 0.3) is 5.57 Å². The predicted molar refractivity (Wildman–Crippen MR) is 169 cm³/mol. The molecule has 1 fully saturated rings. The number of urea groups is 2. The summed E-state index contributed by atoms with van der Waals surface area (Å²) in [4.78, 5) is 33.0. The van der Waals surface area contributed by atoms with E-state index in [1.165, 1.54) is 41.3 Å². The number of hydrogen-bond acceptors (Lipinski definition) is 7. The third-order valence-electron chi connectivity index (χ3n) is 8.72. The largest absolute Gasteiger partial charge is 0.573 e. The van der Waals surface area contributed by atoms with Gasteiger partial charge < -0.3 is 29.5 Å². The molecule has 2 aromatic carbocycles. The average Bonchev–Trinajstić information content (AvgIpc) is 3.19. The van der Waals surface area contributed by atoms with Gasteiger partial charge in [-0.05, 0) is 62.9 Å². The van der Waals surface area contributed by atoms with E-state index < -0.39 is 30.4 Å². The second kappa shape index (κ2) is 13.7. The first kappa shape index (κ1) is 33.9. The number of benzene rings is 2. The molecule has 0 bridgehead atoms. The van der Waals surface area contributed by atoms with Crippen molar-refractivity contribution in [2.24, 2.45) is 0 Å². The molecule has 14 heteroatoms. The number of carbonyl (C=O) groups excluding carboxylic acids is 2. The first-order valence-corrected chi connectivity index (χ1v) is 15.4. The monoisotopic (exact) mass is 659 g/mol. The first-order chi connectivity index (χ1) is 22.3. The van der Waals surface area contributed by atoms with Crippen molar-refractivity contribution in [3.63, 3.8) is 0 Å². The van der Waals surface area contributed by atoms with Crippen LogP contribution in [0, 0.1) is 0 Å². The minimum Gasteiger partial charge on any atom is -0.497 e. The molecule has 0 saturated carbocycles. The van der Waals surface area contributed by atoms with Gasteiger partial charge in [0.2, 0.25) is 0 Å². The van der Waals surface area contributed by atoms with Crippen LogP contribution in [0.1, 0.15) is 37.8 Å². The fourth-order valence-electron chi connectivity index (χ4n) is 6.36. The van der Waals surface area contributed by atoms with Gasteiger partial charge in [0.05, 0.1) is 20.8 Å². The molecular formula is C33H40F3N5O6. The number of anilines is 1. The molecule has 5 rings (SSSR count). The van der Waals surface area contributed by atoms with Crippen molar-refractivity contribution >= 4 is 23.3 Å². The Labute approximate surface area is 271 Å². The Bertz CT molecular complexity index is 1540. The number of piperidine rings is 1. The number of methoxy groups -OCH3 is 2. The van der Waals surface area contributed by atoms with Crippen LogP contribution < -0.4 is 19.5 Å². The van der Waals surface area contributed by atoms with Crippen LogP contribution in [0.5, 0.6) is 17.2 Å². The smallest absolute Gasteiger partial charge is 0.497 e. The number of hydrogen-bond donors (Lipinski definition) is 2. The van der Waals surface area contributed by atoms with Gasteiger partial charge in [-0.25, -0.2) is 9.59 Å². The fraction of sp³-hybridized carbons (Fsp3) is 0.455. The van der Waals surface area contributed by atoms with E-state index >= 15 is 0 Å². The molecule has 11 nitrogen and oxygen atoms in total. The van der Waals surface area contributed by atoms with Crippen molar-refractivity contribution in [3.8, 4) is 17.2 Å². The van der Waals surface area contributed by atoms with Crippen molar-refractivity contribution < 1.29 is 42.1 Å². The van der Waals surface area contributed by atoms with E-state index in [4.69, 9.17) is 9.47 Å². The Morgan fingerprint density at radius 3 is 2.43 bits per heavy atom. The third-order valence-corrected chi connectivity index (χ3v) is 8.72. The highest BCUT2D eigenvalue weighted by Crippen LogP contribution is 2.43. The standard InChI is InChI=1S/C33H40F3N5O6/c1-20(2)41-21(3)26(25-7-6-8-28(46-5)30(25)47-33(34,35)36)18-39(32(41)44)19-29(42)38-14-12-23(13-15-38)40-16-11-22-17-24(45-4)9-10-27(22)37-31(40)43/h6-10,17-18,20,23,29,42H,3,11-16,19H2,1-2,4-5H3,(H,37,43). The highest BCUT2D eigenvalue weighted by atomic mass is 19.4. The molecule has 4 amide bonds. The van der Waals surface area contributed by atoms with Crippen LogP contribution in [0.2, 0.25) is 0 Å². The molecule has 0 aliphatic carbocycles. The van der Waals surface area contributed by atoms with Crippen molar-refractivity contribution in [2.75, 3.05) is 45.7 Å². The SMILES string of the molecule is C=C1C(c2cccc(OC)c2OC(F)(F)F)=CN(CC(O)N2CCC(N3CCc4cc(OC)ccc4NC3=O)CC2)C(=O)N1C(C)C. The van der Waals surface area contributed by atoms with E-state index in [1.54, 1.807) is 21.0 Å². The number of allylic oxidation sites excluding steroid dienone is 1. The number of nitrogens with zero attached hydrogens (tertiary/aromatic N) is 4. The summed E-state index contributed by atoms with van der Waals surface area (Å²) in [6.45, 7) is 8.87. The number of aliphatic hydroxyl groups excluding tert-OH is 1. The highest BCUT2D eigenvalue weighted by molar-refractivity contribution is 5.93. The van der Waals surface area contributed by atoms with Crippen molar-refractivity contribution in [2.45, 2.75) is 57.8 Å². The second-order valence-electron chi connectivity index (χ2n) is 11.9. The Morgan fingerprint density at radius 2 is 1.79 bits per heavy atom. The predicted octanol–water partition coefficient (Wildman–Crippen LogP) is 5.48. The number of aliphatic hydroxyl groups is 1. The molecule has 2 aromatic rings. The van der Waals surface area contributed by atoms with Crippen molar-refractivity contribution in [1.29, 1.82) is 0 Å².